The minimum absolute atomic E-state index is 1.07. The van der Waals surface area contributed by atoms with Crippen molar-refractivity contribution in [1.29, 1.82) is 0 Å². The van der Waals surface area contributed by atoms with Crippen LogP contribution in [0.5, 0.6) is 0 Å². The lowest BCUT2D eigenvalue weighted by atomic mass is 9.93. The Balaban J connectivity index is 0.000000167. The predicted molar refractivity (Wildman–Crippen MR) is 544 cm³/mol. The summed E-state index contributed by atoms with van der Waals surface area (Å²) in [6, 6.07) is 197. The van der Waals surface area contributed by atoms with E-state index >= 15 is 0 Å². The van der Waals surface area contributed by atoms with Crippen molar-refractivity contribution < 1.29 is 0 Å². The van der Waals surface area contributed by atoms with Crippen LogP contribution in [0.3, 0.4) is 0 Å². The average molecular weight is 1630 g/mol. The Morgan fingerprint density at radius 1 is 0.0703 bits per heavy atom. The number of hydrogen-bond acceptors (Lipinski definition) is 2. The molecule has 0 fully saturated rings. The highest BCUT2D eigenvalue weighted by Crippen LogP contribution is 2.45. The molecule has 0 saturated carbocycles. The standard InChI is InChI=1S/C72H51N.C54H39N/c1-7-19-52(20-8-1)61-43-62(53-21-9-2-10-22-53)47-67(46-61)58-31-37-70(38-32-58)73(71-39-33-59(34-40-71)68-48-63(54-23-11-3-12-24-54)44-64(49-68)55-25-13-4-14-26-55)72-41-35-60(36-42-72)69-50-65(56-27-15-5-16-28-56)45-66(51-69)57-29-17-6-18-30-57;1-4-13-40(14-5-1)46-19-10-22-49(37-46)43-25-31-52(32-26-43)55(53-33-27-44(28-34-53)50-23-11-20-47(38-50)41-15-6-2-7-16-41)54-35-29-45(30-36-54)51-24-12-21-48(39-51)42-17-8-3-9-18-42/h1-51H;1-39H. The van der Waals surface area contributed by atoms with Crippen LogP contribution < -0.4 is 9.80 Å². The zero-order chi connectivity index (χ0) is 85.6. The molecule has 2 heteroatoms. The van der Waals surface area contributed by atoms with Crippen LogP contribution in [-0.4, -0.2) is 0 Å². The number of nitrogens with zero attached hydrogens (tertiary/aromatic N) is 2. The Bertz CT molecular complexity index is 6400. The van der Waals surface area contributed by atoms with Crippen molar-refractivity contribution in [3.05, 3.63) is 546 Å². The summed E-state index contributed by atoms with van der Waals surface area (Å²) in [6.07, 6.45) is 0. The number of rotatable bonds is 21. The molecule has 21 aromatic carbocycles. The van der Waals surface area contributed by atoms with Crippen LogP contribution in [0.1, 0.15) is 0 Å². The molecular weight excluding hydrogens is 1540 g/mol. The minimum Gasteiger partial charge on any atom is -0.311 e. The van der Waals surface area contributed by atoms with Crippen LogP contribution >= 0.6 is 0 Å². The van der Waals surface area contributed by atoms with E-state index in [-0.39, 0.29) is 0 Å². The maximum Gasteiger partial charge on any atom is 0.0462 e. The molecule has 0 spiro atoms. The molecule has 21 aromatic rings. The van der Waals surface area contributed by atoms with Crippen LogP contribution in [0.4, 0.5) is 34.1 Å². The molecule has 0 aliphatic rings. The van der Waals surface area contributed by atoms with Gasteiger partial charge in [0, 0.05) is 34.1 Å². The third-order valence-corrected chi connectivity index (χ3v) is 24.1. The van der Waals surface area contributed by atoms with Gasteiger partial charge in [-0.25, -0.2) is 0 Å². The van der Waals surface area contributed by atoms with Gasteiger partial charge in [-0.1, -0.05) is 400 Å². The largest absolute Gasteiger partial charge is 0.311 e. The Labute approximate surface area is 751 Å². The second-order valence-corrected chi connectivity index (χ2v) is 32.4. The van der Waals surface area contributed by atoms with E-state index in [0.717, 1.165) is 50.8 Å². The minimum atomic E-state index is 1.07. The van der Waals surface area contributed by atoms with Gasteiger partial charge in [0.25, 0.3) is 0 Å². The van der Waals surface area contributed by atoms with Crippen molar-refractivity contribution in [2.45, 2.75) is 0 Å². The summed E-state index contributed by atoms with van der Waals surface area (Å²) in [4.78, 5) is 4.72. The highest BCUT2D eigenvalue weighted by Gasteiger charge is 2.20. The van der Waals surface area contributed by atoms with Gasteiger partial charge in [0.05, 0.1) is 0 Å². The molecule has 128 heavy (non-hydrogen) atoms. The molecular formula is C126H90N2. The van der Waals surface area contributed by atoms with Crippen LogP contribution in [0, 0.1) is 0 Å². The zero-order valence-corrected chi connectivity index (χ0v) is 70.9. The average Bonchev–Trinajstić information content (AvgIpc) is 0.785. The molecule has 0 amide bonds. The molecule has 0 unspecified atom stereocenters. The molecule has 0 radical (unpaired) electrons. The van der Waals surface area contributed by atoms with E-state index in [1.54, 1.807) is 0 Å². The van der Waals surface area contributed by atoms with Crippen LogP contribution in [0.2, 0.25) is 0 Å². The number of hydrogen-bond donors (Lipinski definition) is 0. The normalized spacial score (nSPS) is 11.0. The first-order valence-electron chi connectivity index (χ1n) is 43.9. The fourth-order valence-corrected chi connectivity index (χ4v) is 17.4. The summed E-state index contributed by atoms with van der Waals surface area (Å²) in [5, 5.41) is 0. The number of benzene rings is 21. The molecule has 604 valence electrons. The highest BCUT2D eigenvalue weighted by atomic mass is 15.1. The molecule has 0 atom stereocenters. The summed E-state index contributed by atoms with van der Waals surface area (Å²) in [5.41, 5.74) is 42.3. The van der Waals surface area contributed by atoms with Gasteiger partial charge in [0.15, 0.2) is 0 Å². The van der Waals surface area contributed by atoms with Crippen LogP contribution in [-0.2, 0) is 0 Å². The van der Waals surface area contributed by atoms with Crippen molar-refractivity contribution >= 4 is 34.1 Å². The fourth-order valence-electron chi connectivity index (χ4n) is 17.4. The lowest BCUT2D eigenvalue weighted by Gasteiger charge is -2.26. The van der Waals surface area contributed by atoms with Gasteiger partial charge in [-0.15, -0.1) is 0 Å². The molecule has 0 aliphatic heterocycles. The molecule has 2 nitrogen and oxygen atoms in total. The smallest absolute Gasteiger partial charge is 0.0462 e. The van der Waals surface area contributed by atoms with E-state index in [1.165, 1.54) is 150 Å². The SMILES string of the molecule is c1ccc(-c2cc(-c3ccccc3)cc(-c3ccc(N(c4ccc(-c5cc(-c6ccccc6)cc(-c6ccccc6)c5)cc4)c4ccc(-c5cc(-c6ccccc6)cc(-c6ccccc6)c5)cc4)cc3)c2)cc1.c1ccc(-c2cccc(-c3ccc(N(c4ccc(-c5cccc(-c6ccccc6)c5)cc4)c4ccc(-c5cccc(-c6ccccc6)c5)cc4)cc3)c2)cc1. The van der Waals surface area contributed by atoms with E-state index in [1.807, 2.05) is 0 Å². The summed E-state index contributed by atoms with van der Waals surface area (Å²) in [7, 11) is 0. The Morgan fingerprint density at radius 2 is 0.164 bits per heavy atom. The van der Waals surface area contributed by atoms with Gasteiger partial charge >= 0.3 is 0 Å². The lowest BCUT2D eigenvalue weighted by molar-refractivity contribution is 1.28. The molecule has 0 aromatic heterocycles. The third-order valence-electron chi connectivity index (χ3n) is 24.1. The highest BCUT2D eigenvalue weighted by molar-refractivity contribution is 5.90. The topological polar surface area (TPSA) is 6.48 Å². The molecule has 0 bridgehead atoms. The fraction of sp³-hybridized carbons (Fsp3) is 0. The van der Waals surface area contributed by atoms with E-state index in [4.69, 9.17) is 0 Å². The zero-order valence-electron chi connectivity index (χ0n) is 70.9. The van der Waals surface area contributed by atoms with Gasteiger partial charge < -0.3 is 9.80 Å². The van der Waals surface area contributed by atoms with Gasteiger partial charge in [0.1, 0.15) is 0 Å². The van der Waals surface area contributed by atoms with E-state index < -0.39 is 0 Å². The Hall–Kier alpha value is -16.8. The van der Waals surface area contributed by atoms with Crippen molar-refractivity contribution in [2.75, 3.05) is 9.80 Å². The van der Waals surface area contributed by atoms with E-state index in [9.17, 15) is 0 Å². The second kappa shape index (κ2) is 37.5. The first-order valence-corrected chi connectivity index (χ1v) is 43.9. The Morgan fingerprint density at radius 3 is 0.297 bits per heavy atom. The third kappa shape index (κ3) is 18.2. The quantitative estimate of drug-likeness (QED) is 0.0707. The maximum atomic E-state index is 2.37. The van der Waals surface area contributed by atoms with Crippen molar-refractivity contribution in [2.24, 2.45) is 0 Å². The lowest BCUT2D eigenvalue weighted by Crippen LogP contribution is -2.09. The number of anilines is 6. The predicted octanol–water partition coefficient (Wildman–Crippen LogP) is 35.3. The van der Waals surface area contributed by atoms with Gasteiger partial charge in [-0.05, 0) is 312 Å². The van der Waals surface area contributed by atoms with Crippen molar-refractivity contribution in [3.8, 4) is 167 Å². The van der Waals surface area contributed by atoms with Crippen LogP contribution in [0.25, 0.3) is 167 Å². The van der Waals surface area contributed by atoms with Gasteiger partial charge in [-0.3, -0.25) is 0 Å². The second-order valence-electron chi connectivity index (χ2n) is 32.4. The molecule has 0 heterocycles. The van der Waals surface area contributed by atoms with Crippen LogP contribution in [0.15, 0.2) is 546 Å². The molecule has 0 aliphatic carbocycles. The molecule has 21 rings (SSSR count). The first kappa shape index (κ1) is 79.7. The monoisotopic (exact) mass is 1630 g/mol. The Kier molecular flexibility index (Phi) is 23.4. The van der Waals surface area contributed by atoms with Gasteiger partial charge in [-0.2, -0.15) is 0 Å². The van der Waals surface area contributed by atoms with E-state index in [0.29, 0.717) is 0 Å². The summed E-state index contributed by atoms with van der Waals surface area (Å²) in [5.74, 6) is 0. The van der Waals surface area contributed by atoms with Crippen molar-refractivity contribution in [1.82, 2.24) is 0 Å². The molecule has 0 saturated heterocycles. The summed E-state index contributed by atoms with van der Waals surface area (Å²) in [6.45, 7) is 0. The molecule has 0 N–H and O–H groups in total. The maximum absolute atomic E-state index is 2.37. The van der Waals surface area contributed by atoms with Crippen molar-refractivity contribution in [3.63, 3.8) is 0 Å². The first-order chi connectivity index (χ1) is 63.4. The van der Waals surface area contributed by atoms with Gasteiger partial charge in [0.2, 0.25) is 0 Å². The summed E-state index contributed by atoms with van der Waals surface area (Å²) >= 11 is 0. The van der Waals surface area contributed by atoms with E-state index in [2.05, 4.69) is 556 Å². The summed E-state index contributed by atoms with van der Waals surface area (Å²) < 4.78 is 0.